The number of halogens is 1. The summed E-state index contributed by atoms with van der Waals surface area (Å²) in [7, 11) is 0. The number of carboxylic acid groups (broad SMARTS) is 1. The maximum Gasteiger partial charge on any atom is 0.338 e. The standard InChI is InChI=1S/C9H10FNO2S/c1-5(2)14-8-7(10)6(9(12)13)3-4-11-8/h3-5H,1-2H3,(H,12,13). The van der Waals surface area contributed by atoms with Crippen LogP contribution in [-0.4, -0.2) is 21.3 Å². The second-order valence-electron chi connectivity index (χ2n) is 2.95. The van der Waals surface area contributed by atoms with E-state index >= 15 is 0 Å². The Morgan fingerprint density at radius 1 is 1.64 bits per heavy atom. The van der Waals surface area contributed by atoms with Crippen molar-refractivity contribution in [3.8, 4) is 0 Å². The highest BCUT2D eigenvalue weighted by Crippen LogP contribution is 2.24. The van der Waals surface area contributed by atoms with Crippen molar-refractivity contribution < 1.29 is 14.3 Å². The summed E-state index contributed by atoms with van der Waals surface area (Å²) in [4.78, 5) is 14.4. The van der Waals surface area contributed by atoms with Gasteiger partial charge in [-0.2, -0.15) is 0 Å². The number of aromatic nitrogens is 1. The number of hydrogen-bond acceptors (Lipinski definition) is 3. The molecule has 1 rings (SSSR count). The van der Waals surface area contributed by atoms with Crippen molar-refractivity contribution >= 4 is 17.7 Å². The molecule has 76 valence electrons. The lowest BCUT2D eigenvalue weighted by atomic mass is 10.3. The summed E-state index contributed by atoms with van der Waals surface area (Å²) in [6, 6.07) is 1.15. The van der Waals surface area contributed by atoms with Crippen molar-refractivity contribution in [2.45, 2.75) is 24.1 Å². The predicted molar refractivity (Wildman–Crippen MR) is 52.1 cm³/mol. The smallest absolute Gasteiger partial charge is 0.338 e. The maximum absolute atomic E-state index is 13.4. The zero-order valence-electron chi connectivity index (χ0n) is 7.82. The summed E-state index contributed by atoms with van der Waals surface area (Å²) in [6.45, 7) is 3.78. The number of carbonyl (C=O) groups is 1. The fraction of sp³-hybridized carbons (Fsp3) is 0.333. The molecular weight excluding hydrogens is 205 g/mol. The van der Waals surface area contributed by atoms with Gasteiger partial charge in [0.05, 0.1) is 5.56 Å². The maximum atomic E-state index is 13.4. The Balaban J connectivity index is 3.07. The van der Waals surface area contributed by atoms with Crippen molar-refractivity contribution in [3.05, 3.63) is 23.6 Å². The number of nitrogens with zero attached hydrogens (tertiary/aromatic N) is 1. The zero-order chi connectivity index (χ0) is 10.7. The van der Waals surface area contributed by atoms with Gasteiger partial charge in [0.1, 0.15) is 5.03 Å². The molecule has 0 saturated carbocycles. The molecule has 0 aliphatic rings. The predicted octanol–water partition coefficient (Wildman–Crippen LogP) is 2.42. The van der Waals surface area contributed by atoms with Gasteiger partial charge >= 0.3 is 5.97 Å². The number of thioether (sulfide) groups is 1. The van der Waals surface area contributed by atoms with Crippen LogP contribution in [0.5, 0.6) is 0 Å². The van der Waals surface area contributed by atoms with E-state index in [9.17, 15) is 9.18 Å². The molecule has 0 spiro atoms. The largest absolute Gasteiger partial charge is 0.478 e. The summed E-state index contributed by atoms with van der Waals surface area (Å²) in [5.41, 5.74) is -0.330. The van der Waals surface area contributed by atoms with E-state index in [1.54, 1.807) is 0 Å². The molecule has 0 aromatic carbocycles. The van der Waals surface area contributed by atoms with Crippen molar-refractivity contribution in [1.29, 1.82) is 0 Å². The van der Waals surface area contributed by atoms with E-state index in [0.29, 0.717) is 0 Å². The van der Waals surface area contributed by atoms with Crippen LogP contribution in [0.1, 0.15) is 24.2 Å². The van der Waals surface area contributed by atoms with Crippen LogP contribution in [0, 0.1) is 5.82 Å². The Labute approximate surface area is 85.4 Å². The monoisotopic (exact) mass is 215 g/mol. The van der Waals surface area contributed by atoms with Gasteiger partial charge in [-0.3, -0.25) is 0 Å². The SMILES string of the molecule is CC(C)Sc1nccc(C(=O)O)c1F. The minimum Gasteiger partial charge on any atom is -0.478 e. The quantitative estimate of drug-likeness (QED) is 0.787. The highest BCUT2D eigenvalue weighted by molar-refractivity contribution is 7.99. The van der Waals surface area contributed by atoms with Crippen LogP contribution in [-0.2, 0) is 0 Å². The third-order valence-electron chi connectivity index (χ3n) is 1.43. The van der Waals surface area contributed by atoms with Crippen LogP contribution >= 0.6 is 11.8 Å². The molecule has 0 amide bonds. The third-order valence-corrected chi connectivity index (χ3v) is 2.41. The van der Waals surface area contributed by atoms with Crippen LogP contribution in [0.4, 0.5) is 4.39 Å². The van der Waals surface area contributed by atoms with Crippen LogP contribution in [0.3, 0.4) is 0 Å². The van der Waals surface area contributed by atoms with Crippen molar-refractivity contribution in [1.82, 2.24) is 4.98 Å². The average Bonchev–Trinajstić information content (AvgIpc) is 2.07. The molecule has 3 nitrogen and oxygen atoms in total. The van der Waals surface area contributed by atoms with E-state index < -0.39 is 11.8 Å². The Morgan fingerprint density at radius 2 is 2.29 bits per heavy atom. The molecule has 0 unspecified atom stereocenters. The Kier molecular flexibility index (Phi) is 3.46. The van der Waals surface area contributed by atoms with E-state index in [1.807, 2.05) is 13.8 Å². The molecule has 5 heteroatoms. The fourth-order valence-corrected chi connectivity index (χ4v) is 1.68. The molecule has 1 heterocycles. The normalized spacial score (nSPS) is 10.6. The van der Waals surface area contributed by atoms with E-state index in [0.717, 1.165) is 6.07 Å². The molecule has 0 bridgehead atoms. The molecule has 1 N–H and O–H groups in total. The minimum absolute atomic E-state index is 0.139. The first kappa shape index (κ1) is 11.0. The van der Waals surface area contributed by atoms with Crippen LogP contribution < -0.4 is 0 Å². The van der Waals surface area contributed by atoms with Gasteiger partial charge in [-0.1, -0.05) is 13.8 Å². The van der Waals surface area contributed by atoms with Gasteiger partial charge in [0.15, 0.2) is 5.82 Å². The average molecular weight is 215 g/mol. The van der Waals surface area contributed by atoms with E-state index in [4.69, 9.17) is 5.11 Å². The van der Waals surface area contributed by atoms with Crippen molar-refractivity contribution in [2.24, 2.45) is 0 Å². The lowest BCUT2D eigenvalue weighted by molar-refractivity contribution is 0.0691. The van der Waals surface area contributed by atoms with Gasteiger partial charge in [0, 0.05) is 11.4 Å². The lowest BCUT2D eigenvalue weighted by Crippen LogP contribution is -2.03. The molecule has 0 aliphatic carbocycles. The highest BCUT2D eigenvalue weighted by Gasteiger charge is 2.15. The molecule has 0 saturated heterocycles. The summed E-state index contributed by atoms with van der Waals surface area (Å²) in [5.74, 6) is -2.02. The highest BCUT2D eigenvalue weighted by atomic mass is 32.2. The van der Waals surface area contributed by atoms with Crippen molar-refractivity contribution in [3.63, 3.8) is 0 Å². The molecule has 0 radical (unpaired) electrons. The second-order valence-corrected chi connectivity index (χ2v) is 4.51. The van der Waals surface area contributed by atoms with Gasteiger partial charge in [0.2, 0.25) is 0 Å². The molecule has 0 fully saturated rings. The van der Waals surface area contributed by atoms with E-state index in [1.165, 1.54) is 18.0 Å². The van der Waals surface area contributed by atoms with Gasteiger partial charge < -0.3 is 5.11 Å². The molecule has 1 aromatic heterocycles. The third kappa shape index (κ3) is 2.45. The van der Waals surface area contributed by atoms with Gasteiger partial charge in [-0.15, -0.1) is 11.8 Å². The number of carboxylic acids is 1. The van der Waals surface area contributed by atoms with Crippen LogP contribution in [0.2, 0.25) is 0 Å². The topological polar surface area (TPSA) is 50.2 Å². The first-order valence-electron chi connectivity index (χ1n) is 4.07. The number of hydrogen-bond donors (Lipinski definition) is 1. The summed E-state index contributed by atoms with van der Waals surface area (Å²) in [6.07, 6.45) is 1.30. The first-order valence-corrected chi connectivity index (χ1v) is 4.94. The molecule has 0 atom stereocenters. The summed E-state index contributed by atoms with van der Waals surface area (Å²) < 4.78 is 13.4. The molecule has 1 aromatic rings. The van der Waals surface area contributed by atoms with Gasteiger partial charge in [-0.25, -0.2) is 14.2 Å². The Bertz CT molecular complexity index is 355. The van der Waals surface area contributed by atoms with E-state index in [2.05, 4.69) is 4.98 Å². The van der Waals surface area contributed by atoms with Crippen LogP contribution in [0.25, 0.3) is 0 Å². The summed E-state index contributed by atoms with van der Waals surface area (Å²) >= 11 is 1.21. The number of aromatic carboxylic acids is 1. The Hall–Kier alpha value is -1.10. The minimum atomic E-state index is -1.27. The van der Waals surface area contributed by atoms with Crippen LogP contribution in [0.15, 0.2) is 17.3 Å². The zero-order valence-corrected chi connectivity index (χ0v) is 8.64. The summed E-state index contributed by atoms with van der Waals surface area (Å²) in [5, 5.41) is 8.95. The Morgan fingerprint density at radius 3 is 2.79 bits per heavy atom. The fourth-order valence-electron chi connectivity index (χ4n) is 0.895. The number of pyridine rings is 1. The molecular formula is C9H10FNO2S. The van der Waals surface area contributed by atoms with Gasteiger partial charge in [-0.05, 0) is 6.07 Å². The van der Waals surface area contributed by atoms with Gasteiger partial charge in [0.25, 0.3) is 0 Å². The molecule has 14 heavy (non-hydrogen) atoms. The molecule has 0 aliphatic heterocycles. The van der Waals surface area contributed by atoms with Crippen molar-refractivity contribution in [2.75, 3.05) is 0 Å². The lowest BCUT2D eigenvalue weighted by Gasteiger charge is -2.05. The number of rotatable bonds is 3. The van der Waals surface area contributed by atoms with E-state index in [-0.39, 0.29) is 15.8 Å². The first-order chi connectivity index (χ1) is 6.52. The second kappa shape index (κ2) is 4.41.